The van der Waals surface area contributed by atoms with E-state index in [1.807, 2.05) is 6.07 Å². The van der Waals surface area contributed by atoms with Crippen molar-refractivity contribution in [1.29, 1.82) is 0 Å². The number of piperidine rings is 1. The number of ether oxygens (including phenoxy) is 1. The molecule has 2 atom stereocenters. The van der Waals surface area contributed by atoms with E-state index in [2.05, 4.69) is 9.88 Å². The highest BCUT2D eigenvalue weighted by Crippen LogP contribution is 2.17. The lowest BCUT2D eigenvalue weighted by Crippen LogP contribution is -2.51. The van der Waals surface area contributed by atoms with E-state index >= 15 is 0 Å². The first-order valence-electron chi connectivity index (χ1n) is 7.78. The van der Waals surface area contributed by atoms with E-state index in [-0.39, 0.29) is 36.4 Å². The third kappa shape index (κ3) is 4.83. The highest BCUT2D eigenvalue weighted by atomic mass is 35.5. The van der Waals surface area contributed by atoms with Crippen molar-refractivity contribution in [3.63, 3.8) is 0 Å². The number of β-amino-alcohol motifs (C(OH)–C–C–N with tert-alkyl or cyclic N) is 1. The topological polar surface area (TPSA) is 93.6 Å². The second kappa shape index (κ2) is 9.35. The Kier molecular flexibility index (Phi) is 8.11. The van der Waals surface area contributed by atoms with Crippen LogP contribution in [0.3, 0.4) is 0 Å². The molecular formula is C16H24Cl2N4O3. The van der Waals surface area contributed by atoms with Gasteiger partial charge in [0.2, 0.25) is 0 Å². The minimum Gasteiger partial charge on any atom is -0.495 e. The number of hydrogen-bond acceptors (Lipinski definition) is 6. The first-order chi connectivity index (χ1) is 11.1. The van der Waals surface area contributed by atoms with Crippen molar-refractivity contribution in [3.8, 4) is 5.75 Å². The fraction of sp³-hybridized carbons (Fsp3) is 0.500. The molecule has 0 bridgehead atoms. The Morgan fingerprint density at radius 2 is 2.12 bits per heavy atom. The zero-order chi connectivity index (χ0) is 16.4. The number of nitrogens with zero attached hydrogens (tertiary/aromatic N) is 3. The molecule has 140 valence electrons. The molecule has 2 unspecified atom stereocenters. The molecule has 25 heavy (non-hydrogen) atoms. The minimum absolute atomic E-state index is 0. The van der Waals surface area contributed by atoms with Crippen molar-refractivity contribution in [1.82, 2.24) is 14.5 Å². The Morgan fingerprint density at radius 3 is 2.80 bits per heavy atom. The van der Waals surface area contributed by atoms with E-state index in [1.165, 1.54) is 6.07 Å². The maximum atomic E-state index is 12.2. The fourth-order valence-electron chi connectivity index (χ4n) is 2.95. The maximum absolute atomic E-state index is 12.2. The number of halogens is 2. The lowest BCUT2D eigenvalue weighted by atomic mass is 10.0. The summed E-state index contributed by atoms with van der Waals surface area (Å²) in [6.45, 7) is 2.59. The Balaban J connectivity index is 0.00000156. The Hall–Kier alpha value is -1.38. The van der Waals surface area contributed by atoms with Gasteiger partial charge in [0.05, 0.1) is 30.4 Å². The number of rotatable bonds is 4. The van der Waals surface area contributed by atoms with Crippen molar-refractivity contribution in [2.75, 3.05) is 26.7 Å². The molecule has 1 saturated heterocycles. The molecule has 0 saturated carbocycles. The summed E-state index contributed by atoms with van der Waals surface area (Å²) in [6.07, 6.45) is 1.90. The van der Waals surface area contributed by atoms with Crippen LogP contribution >= 0.6 is 24.8 Å². The Morgan fingerprint density at radius 1 is 1.36 bits per heavy atom. The van der Waals surface area contributed by atoms with E-state index in [9.17, 15) is 9.90 Å². The Labute approximate surface area is 158 Å². The van der Waals surface area contributed by atoms with E-state index in [1.54, 1.807) is 23.9 Å². The van der Waals surface area contributed by atoms with Crippen molar-refractivity contribution in [3.05, 3.63) is 34.7 Å². The van der Waals surface area contributed by atoms with Gasteiger partial charge in [-0.05, 0) is 19.0 Å². The third-order valence-corrected chi connectivity index (χ3v) is 4.41. The number of pyridine rings is 2. The molecule has 0 aliphatic carbocycles. The molecular weight excluding hydrogens is 367 g/mol. The van der Waals surface area contributed by atoms with Gasteiger partial charge in [-0.25, -0.2) is 0 Å². The van der Waals surface area contributed by atoms with Gasteiger partial charge in [-0.2, -0.15) is 0 Å². The minimum atomic E-state index is -0.505. The van der Waals surface area contributed by atoms with E-state index in [0.717, 1.165) is 24.0 Å². The molecule has 9 heteroatoms. The zero-order valence-corrected chi connectivity index (χ0v) is 15.6. The van der Waals surface area contributed by atoms with Gasteiger partial charge in [0.15, 0.2) is 0 Å². The highest BCUT2D eigenvalue weighted by molar-refractivity contribution is 5.85. The largest absolute Gasteiger partial charge is 0.495 e. The van der Waals surface area contributed by atoms with Crippen LogP contribution in [0.25, 0.3) is 11.0 Å². The summed E-state index contributed by atoms with van der Waals surface area (Å²) in [4.78, 5) is 18.7. The third-order valence-electron chi connectivity index (χ3n) is 4.41. The molecule has 3 N–H and O–H groups in total. The molecule has 2 aromatic rings. The average Bonchev–Trinajstić information content (AvgIpc) is 2.56. The standard InChI is InChI=1S/C16H22N4O3.2ClH/c1-23-11-8-14-13(18-9-11)2-3-16(22)20(14)7-6-19-5-4-12(17)15(21)10-19;;/h2-3,8-9,12,15,21H,4-7,10,17H2,1H3;2*1H. The van der Waals surface area contributed by atoms with Gasteiger partial charge in [-0.1, -0.05) is 0 Å². The molecule has 0 aromatic carbocycles. The summed E-state index contributed by atoms with van der Waals surface area (Å²) in [6, 6.07) is 4.92. The normalized spacial score (nSPS) is 20.6. The number of aromatic nitrogens is 2. The molecule has 0 radical (unpaired) electrons. The molecule has 1 fully saturated rings. The first-order valence-corrected chi connectivity index (χ1v) is 7.78. The van der Waals surface area contributed by atoms with Crippen LogP contribution in [-0.4, -0.2) is 58.4 Å². The van der Waals surface area contributed by atoms with Crippen molar-refractivity contribution in [2.45, 2.75) is 25.1 Å². The number of aliphatic hydroxyl groups is 1. The van der Waals surface area contributed by atoms with Crippen LogP contribution in [0.2, 0.25) is 0 Å². The van der Waals surface area contributed by atoms with Crippen LogP contribution < -0.4 is 16.0 Å². The van der Waals surface area contributed by atoms with Gasteiger partial charge in [0.1, 0.15) is 5.75 Å². The van der Waals surface area contributed by atoms with Crippen LogP contribution in [0.4, 0.5) is 0 Å². The predicted molar refractivity (Wildman–Crippen MR) is 102 cm³/mol. The monoisotopic (exact) mass is 390 g/mol. The lowest BCUT2D eigenvalue weighted by Gasteiger charge is -2.34. The molecule has 0 amide bonds. The van der Waals surface area contributed by atoms with E-state index in [0.29, 0.717) is 25.4 Å². The van der Waals surface area contributed by atoms with Crippen LogP contribution in [0, 0.1) is 0 Å². The number of hydrogen-bond donors (Lipinski definition) is 2. The predicted octanol–water partition coefficient (Wildman–Crippen LogP) is 0.643. The van der Waals surface area contributed by atoms with Crippen molar-refractivity contribution >= 4 is 35.8 Å². The van der Waals surface area contributed by atoms with Crippen LogP contribution in [0.5, 0.6) is 5.75 Å². The zero-order valence-electron chi connectivity index (χ0n) is 14.0. The van der Waals surface area contributed by atoms with Crippen LogP contribution in [-0.2, 0) is 6.54 Å². The van der Waals surface area contributed by atoms with Gasteiger partial charge in [0.25, 0.3) is 5.56 Å². The summed E-state index contributed by atoms with van der Waals surface area (Å²) in [5, 5.41) is 9.88. The summed E-state index contributed by atoms with van der Waals surface area (Å²) in [7, 11) is 1.58. The number of methoxy groups -OCH3 is 1. The summed E-state index contributed by atoms with van der Waals surface area (Å²) in [5.74, 6) is 0.621. The maximum Gasteiger partial charge on any atom is 0.251 e. The summed E-state index contributed by atoms with van der Waals surface area (Å²) >= 11 is 0. The van der Waals surface area contributed by atoms with Gasteiger partial charge < -0.3 is 20.1 Å². The average molecular weight is 391 g/mol. The number of nitrogens with two attached hydrogens (primary N) is 1. The number of aliphatic hydroxyl groups excluding tert-OH is 1. The first kappa shape index (κ1) is 21.7. The second-order valence-corrected chi connectivity index (χ2v) is 5.92. The summed E-state index contributed by atoms with van der Waals surface area (Å²) in [5.41, 5.74) is 7.27. The summed E-state index contributed by atoms with van der Waals surface area (Å²) < 4.78 is 6.90. The Bertz CT molecular complexity index is 756. The fourth-order valence-corrected chi connectivity index (χ4v) is 2.95. The van der Waals surface area contributed by atoms with Gasteiger partial charge in [-0.15, -0.1) is 24.8 Å². The van der Waals surface area contributed by atoms with Gasteiger partial charge in [0, 0.05) is 37.8 Å². The van der Waals surface area contributed by atoms with E-state index < -0.39 is 6.10 Å². The van der Waals surface area contributed by atoms with Crippen molar-refractivity contribution in [2.24, 2.45) is 5.73 Å². The molecule has 2 aromatic heterocycles. The van der Waals surface area contributed by atoms with Crippen LogP contribution in [0.1, 0.15) is 6.42 Å². The number of likely N-dealkylation sites (tertiary alicyclic amines) is 1. The molecule has 7 nitrogen and oxygen atoms in total. The molecule has 0 spiro atoms. The SMILES string of the molecule is COc1cnc2ccc(=O)n(CCN3CCC(N)C(O)C3)c2c1.Cl.Cl. The molecule has 1 aliphatic heterocycles. The van der Waals surface area contributed by atoms with Crippen LogP contribution in [0.15, 0.2) is 29.2 Å². The lowest BCUT2D eigenvalue weighted by molar-refractivity contribution is 0.0520. The van der Waals surface area contributed by atoms with E-state index in [4.69, 9.17) is 10.5 Å². The van der Waals surface area contributed by atoms with Gasteiger partial charge in [-0.3, -0.25) is 14.7 Å². The number of fused-ring (bicyclic) bond motifs is 1. The molecule has 1 aliphatic rings. The molecule has 3 heterocycles. The van der Waals surface area contributed by atoms with Gasteiger partial charge >= 0.3 is 0 Å². The highest BCUT2D eigenvalue weighted by Gasteiger charge is 2.24. The molecule has 3 rings (SSSR count). The van der Waals surface area contributed by atoms with Crippen molar-refractivity contribution < 1.29 is 9.84 Å². The second-order valence-electron chi connectivity index (χ2n) is 5.92. The smallest absolute Gasteiger partial charge is 0.251 e. The quantitative estimate of drug-likeness (QED) is 0.795.